The number of hydrogen-bond donors (Lipinski definition) is 6. The average molecular weight is 764 g/mol. The maximum absolute atomic E-state index is 12.9. The molecule has 0 aromatic carbocycles. The molecule has 0 bridgehead atoms. The van der Waals surface area contributed by atoms with Gasteiger partial charge in [0.05, 0.1) is 25.4 Å². The monoisotopic (exact) mass is 764 g/mol. The second kappa shape index (κ2) is 35.6. The smallest absolute Gasteiger partial charge is 0.220 e. The first kappa shape index (κ1) is 50.2. The summed E-state index contributed by atoms with van der Waals surface area (Å²) in [6, 6.07) is -0.731. The van der Waals surface area contributed by atoms with Crippen molar-refractivity contribution in [1.82, 2.24) is 5.32 Å². The topological polar surface area (TPSA) is 149 Å². The maximum atomic E-state index is 12.9. The maximum Gasteiger partial charge on any atom is 0.220 e. The van der Waals surface area contributed by atoms with E-state index in [1.807, 2.05) is 0 Å². The van der Waals surface area contributed by atoms with Gasteiger partial charge in [-0.1, -0.05) is 165 Å². The molecule has 7 unspecified atom stereocenters. The minimum absolute atomic E-state index is 0.150. The Morgan fingerprint density at radius 1 is 0.648 bits per heavy atom. The van der Waals surface area contributed by atoms with Crippen LogP contribution in [0.1, 0.15) is 174 Å². The summed E-state index contributed by atoms with van der Waals surface area (Å²) in [5.41, 5.74) is 0. The third kappa shape index (κ3) is 26.1. The molecule has 1 aliphatic rings. The molecule has 0 aromatic heterocycles. The van der Waals surface area contributed by atoms with Crippen LogP contribution in [-0.2, 0) is 14.3 Å². The molecule has 0 aliphatic carbocycles. The molecule has 0 aromatic rings. The Bertz CT molecular complexity index is 983. The van der Waals surface area contributed by atoms with Gasteiger partial charge in [-0.2, -0.15) is 0 Å². The van der Waals surface area contributed by atoms with Crippen molar-refractivity contribution >= 4 is 5.91 Å². The third-order valence-electron chi connectivity index (χ3n) is 10.2. The Labute approximate surface area is 329 Å². The van der Waals surface area contributed by atoms with Crippen LogP contribution in [0.2, 0.25) is 0 Å². The van der Waals surface area contributed by atoms with Crippen LogP contribution in [0.15, 0.2) is 48.6 Å². The molecule has 1 saturated heterocycles. The Kier molecular flexibility index (Phi) is 33.0. The highest BCUT2D eigenvalue weighted by atomic mass is 16.7. The summed E-state index contributed by atoms with van der Waals surface area (Å²) in [6.45, 7) is 3.69. The van der Waals surface area contributed by atoms with Gasteiger partial charge in [-0.25, -0.2) is 0 Å². The molecule has 1 rings (SSSR count). The fourth-order valence-electron chi connectivity index (χ4n) is 6.68. The van der Waals surface area contributed by atoms with E-state index in [0.717, 1.165) is 77.0 Å². The van der Waals surface area contributed by atoms with E-state index in [1.54, 1.807) is 0 Å². The zero-order valence-corrected chi connectivity index (χ0v) is 34.2. The predicted octanol–water partition coefficient (Wildman–Crippen LogP) is 8.67. The van der Waals surface area contributed by atoms with E-state index in [9.17, 15) is 30.3 Å². The fraction of sp³-hybridized carbons (Fsp3) is 0.800. The zero-order chi connectivity index (χ0) is 39.5. The largest absolute Gasteiger partial charge is 0.394 e. The van der Waals surface area contributed by atoms with Crippen LogP contribution >= 0.6 is 0 Å². The van der Waals surface area contributed by atoms with Gasteiger partial charge in [0.2, 0.25) is 5.91 Å². The minimum Gasteiger partial charge on any atom is -0.394 e. The molecular weight excluding hydrogens is 682 g/mol. The average Bonchev–Trinajstić information content (AvgIpc) is 3.17. The van der Waals surface area contributed by atoms with E-state index < -0.39 is 49.5 Å². The van der Waals surface area contributed by atoms with Crippen LogP contribution in [-0.4, -0.2) is 87.5 Å². The highest BCUT2D eigenvalue weighted by Gasteiger charge is 2.44. The van der Waals surface area contributed by atoms with Gasteiger partial charge in [-0.05, 0) is 51.4 Å². The molecule has 7 atom stereocenters. The van der Waals surface area contributed by atoms with Crippen LogP contribution in [0, 0.1) is 0 Å². The van der Waals surface area contributed by atoms with E-state index >= 15 is 0 Å². The number of allylic oxidation sites excluding steroid dienone is 8. The van der Waals surface area contributed by atoms with E-state index in [2.05, 4.69) is 67.8 Å². The summed E-state index contributed by atoms with van der Waals surface area (Å²) in [7, 11) is 0. The first-order valence-electron chi connectivity index (χ1n) is 21.8. The Morgan fingerprint density at radius 3 is 1.70 bits per heavy atom. The SMILES string of the molecule is CC/C=C\C/C=C\C/C=C\C/C=C\CCCCCCC(=O)NC(COC1OC(CO)C(O)C(O)C1O)C(O)CCCCCCCCCCCCCCCC. The van der Waals surface area contributed by atoms with Crippen molar-refractivity contribution in [2.24, 2.45) is 0 Å². The van der Waals surface area contributed by atoms with Crippen LogP contribution in [0.3, 0.4) is 0 Å². The molecule has 1 aliphatic heterocycles. The van der Waals surface area contributed by atoms with E-state index in [-0.39, 0.29) is 12.5 Å². The Hall–Kier alpha value is -1.85. The number of hydrogen-bond acceptors (Lipinski definition) is 8. The predicted molar refractivity (Wildman–Crippen MR) is 221 cm³/mol. The molecule has 0 spiro atoms. The lowest BCUT2D eigenvalue weighted by atomic mass is 9.99. The lowest BCUT2D eigenvalue weighted by Gasteiger charge is -2.40. The van der Waals surface area contributed by atoms with Crippen molar-refractivity contribution in [2.75, 3.05) is 13.2 Å². The van der Waals surface area contributed by atoms with Crippen molar-refractivity contribution in [3.63, 3.8) is 0 Å². The number of unbranched alkanes of at least 4 members (excludes halogenated alkanes) is 17. The van der Waals surface area contributed by atoms with Crippen molar-refractivity contribution in [1.29, 1.82) is 0 Å². The highest BCUT2D eigenvalue weighted by Crippen LogP contribution is 2.23. The quantitative estimate of drug-likeness (QED) is 0.0278. The second-order valence-corrected chi connectivity index (χ2v) is 15.1. The molecule has 314 valence electrons. The molecule has 54 heavy (non-hydrogen) atoms. The highest BCUT2D eigenvalue weighted by molar-refractivity contribution is 5.76. The van der Waals surface area contributed by atoms with Crippen molar-refractivity contribution in [3.05, 3.63) is 48.6 Å². The van der Waals surface area contributed by atoms with Crippen molar-refractivity contribution in [3.8, 4) is 0 Å². The summed E-state index contributed by atoms with van der Waals surface area (Å²) in [5, 5.41) is 54.2. The molecular formula is C45H81NO8. The normalized spacial score (nSPS) is 21.9. The van der Waals surface area contributed by atoms with Gasteiger partial charge in [0.25, 0.3) is 0 Å². The molecule has 9 nitrogen and oxygen atoms in total. The summed E-state index contributed by atoms with van der Waals surface area (Å²) in [6.07, 6.45) is 36.8. The van der Waals surface area contributed by atoms with Crippen molar-refractivity contribution < 1.29 is 39.8 Å². The number of rotatable bonds is 35. The zero-order valence-electron chi connectivity index (χ0n) is 34.2. The number of carbonyl (C=O) groups is 1. The van der Waals surface area contributed by atoms with Crippen LogP contribution in [0.5, 0.6) is 0 Å². The number of amides is 1. The van der Waals surface area contributed by atoms with Gasteiger partial charge < -0.3 is 40.3 Å². The number of carbonyl (C=O) groups excluding carboxylic acids is 1. The van der Waals surface area contributed by atoms with Gasteiger partial charge in [-0.15, -0.1) is 0 Å². The van der Waals surface area contributed by atoms with Gasteiger partial charge in [-0.3, -0.25) is 4.79 Å². The third-order valence-corrected chi connectivity index (χ3v) is 10.2. The fourth-order valence-corrected chi connectivity index (χ4v) is 6.68. The molecule has 9 heteroatoms. The second-order valence-electron chi connectivity index (χ2n) is 15.1. The Morgan fingerprint density at radius 2 is 1.15 bits per heavy atom. The number of aliphatic hydroxyl groups is 5. The first-order chi connectivity index (χ1) is 26.3. The van der Waals surface area contributed by atoms with Crippen LogP contribution in [0.4, 0.5) is 0 Å². The van der Waals surface area contributed by atoms with Gasteiger partial charge in [0.1, 0.15) is 24.4 Å². The number of aliphatic hydroxyl groups excluding tert-OH is 5. The molecule has 0 saturated carbocycles. The molecule has 1 fully saturated rings. The molecule has 1 heterocycles. The summed E-state index contributed by atoms with van der Waals surface area (Å²) < 4.78 is 11.2. The standard InChI is InChI=1S/C45H81NO8/c1-3-5-7-9-11-13-15-17-19-20-21-23-25-27-29-31-33-35-41(49)46-38(37-53-45-44(52)43(51)42(50)40(36-47)54-45)39(48)34-32-30-28-26-24-22-18-16-14-12-10-8-6-4-2/h5,7,11,13,17,19,21,23,38-40,42-45,47-48,50-52H,3-4,6,8-10,12,14-16,18,20,22,24-37H2,1-2H3,(H,46,49)/b7-5-,13-11-,19-17-,23-21-. The molecule has 1 amide bonds. The first-order valence-corrected chi connectivity index (χ1v) is 21.8. The van der Waals surface area contributed by atoms with Gasteiger partial charge >= 0.3 is 0 Å². The van der Waals surface area contributed by atoms with Gasteiger partial charge in [0, 0.05) is 6.42 Å². The minimum atomic E-state index is -1.56. The molecule has 0 radical (unpaired) electrons. The van der Waals surface area contributed by atoms with Crippen molar-refractivity contribution in [2.45, 2.75) is 217 Å². The molecule has 6 N–H and O–H groups in total. The van der Waals surface area contributed by atoms with Gasteiger partial charge in [0.15, 0.2) is 6.29 Å². The van der Waals surface area contributed by atoms with Crippen LogP contribution in [0.25, 0.3) is 0 Å². The summed E-state index contributed by atoms with van der Waals surface area (Å²) in [4.78, 5) is 12.9. The summed E-state index contributed by atoms with van der Waals surface area (Å²) >= 11 is 0. The van der Waals surface area contributed by atoms with E-state index in [4.69, 9.17) is 9.47 Å². The number of nitrogens with one attached hydrogen (secondary N) is 1. The van der Waals surface area contributed by atoms with E-state index in [1.165, 1.54) is 70.6 Å². The lowest BCUT2D eigenvalue weighted by Crippen LogP contribution is -2.60. The van der Waals surface area contributed by atoms with Crippen LogP contribution < -0.4 is 5.32 Å². The summed E-state index contributed by atoms with van der Waals surface area (Å²) in [5.74, 6) is -0.170. The number of ether oxygens (including phenoxy) is 2. The van der Waals surface area contributed by atoms with E-state index in [0.29, 0.717) is 12.8 Å². The Balaban J connectivity index is 2.39. The lowest BCUT2D eigenvalue weighted by molar-refractivity contribution is -0.302.